The Morgan fingerprint density at radius 2 is 1.92 bits per heavy atom. The number of likely N-dealkylation sites (tertiary alicyclic amines) is 1. The standard InChI is InChI=1S/C20H33N3OS/c1-21-7-4-8-22(10-9-21)13-18-14-23(15-19(18)16-24)12-17-5-3-6-20(11-17)25-2/h3,5-6,11,18-19,24H,4,7-10,12-16H2,1-2H3/t18-,19-/m1/s1. The summed E-state index contributed by atoms with van der Waals surface area (Å²) < 4.78 is 0. The molecule has 140 valence electrons. The van der Waals surface area contributed by atoms with E-state index in [-0.39, 0.29) is 0 Å². The molecular weight excluding hydrogens is 330 g/mol. The van der Waals surface area contributed by atoms with E-state index in [1.54, 1.807) is 11.8 Å². The van der Waals surface area contributed by atoms with Crippen LogP contribution in [-0.4, -0.2) is 85.5 Å². The van der Waals surface area contributed by atoms with Crippen LogP contribution in [0.4, 0.5) is 0 Å². The van der Waals surface area contributed by atoms with Gasteiger partial charge < -0.3 is 14.9 Å². The van der Waals surface area contributed by atoms with Crippen molar-refractivity contribution in [2.24, 2.45) is 11.8 Å². The molecule has 0 aliphatic carbocycles. The zero-order valence-corrected chi connectivity index (χ0v) is 16.5. The molecule has 0 unspecified atom stereocenters. The Kier molecular flexibility index (Phi) is 7.19. The molecule has 2 aliphatic rings. The highest BCUT2D eigenvalue weighted by Gasteiger charge is 2.33. The molecule has 0 saturated carbocycles. The zero-order valence-electron chi connectivity index (χ0n) is 15.7. The average Bonchev–Trinajstić information content (AvgIpc) is 2.88. The van der Waals surface area contributed by atoms with Gasteiger partial charge in [0, 0.05) is 50.8 Å². The molecule has 25 heavy (non-hydrogen) atoms. The van der Waals surface area contributed by atoms with E-state index in [9.17, 15) is 5.11 Å². The van der Waals surface area contributed by atoms with Crippen LogP contribution in [-0.2, 0) is 6.54 Å². The number of likely N-dealkylation sites (N-methyl/N-ethyl adjacent to an activating group) is 1. The Hall–Kier alpha value is -0.590. The highest BCUT2D eigenvalue weighted by molar-refractivity contribution is 7.98. The van der Waals surface area contributed by atoms with Gasteiger partial charge in [-0.3, -0.25) is 4.90 Å². The Bertz CT molecular complexity index is 541. The number of rotatable bonds is 6. The van der Waals surface area contributed by atoms with Gasteiger partial charge in [-0.15, -0.1) is 11.8 Å². The van der Waals surface area contributed by atoms with Gasteiger partial charge in [0.1, 0.15) is 0 Å². The first-order chi connectivity index (χ1) is 12.2. The topological polar surface area (TPSA) is 30.0 Å². The van der Waals surface area contributed by atoms with E-state index < -0.39 is 0 Å². The van der Waals surface area contributed by atoms with Crippen molar-refractivity contribution in [1.29, 1.82) is 0 Å². The summed E-state index contributed by atoms with van der Waals surface area (Å²) in [6.07, 6.45) is 3.39. The lowest BCUT2D eigenvalue weighted by atomic mass is 9.96. The predicted octanol–water partition coefficient (Wildman–Crippen LogP) is 2.09. The monoisotopic (exact) mass is 363 g/mol. The summed E-state index contributed by atoms with van der Waals surface area (Å²) in [5, 5.41) is 9.87. The van der Waals surface area contributed by atoms with Gasteiger partial charge in [0.2, 0.25) is 0 Å². The number of benzene rings is 1. The van der Waals surface area contributed by atoms with Gasteiger partial charge in [-0.2, -0.15) is 0 Å². The number of nitrogens with zero attached hydrogens (tertiary/aromatic N) is 3. The third-order valence-corrected chi connectivity index (χ3v) is 6.46. The van der Waals surface area contributed by atoms with Crippen molar-refractivity contribution in [2.45, 2.75) is 17.9 Å². The Morgan fingerprint density at radius 3 is 2.72 bits per heavy atom. The van der Waals surface area contributed by atoms with Gasteiger partial charge in [-0.05, 0) is 62.3 Å². The van der Waals surface area contributed by atoms with Gasteiger partial charge in [0.05, 0.1) is 0 Å². The highest BCUT2D eigenvalue weighted by Crippen LogP contribution is 2.27. The Labute approximate surface area is 157 Å². The lowest BCUT2D eigenvalue weighted by Crippen LogP contribution is -2.36. The number of aliphatic hydroxyl groups excluding tert-OH is 1. The quantitative estimate of drug-likeness (QED) is 0.782. The molecular formula is C20H33N3OS. The van der Waals surface area contributed by atoms with E-state index in [1.165, 1.54) is 43.1 Å². The first kappa shape index (κ1) is 19.2. The summed E-state index contributed by atoms with van der Waals surface area (Å²) in [5.74, 6) is 1.02. The Balaban J connectivity index is 1.56. The summed E-state index contributed by atoms with van der Waals surface area (Å²) >= 11 is 1.80. The maximum Gasteiger partial charge on any atom is 0.0475 e. The molecule has 0 bridgehead atoms. The maximum absolute atomic E-state index is 9.87. The largest absolute Gasteiger partial charge is 0.396 e. The molecule has 0 spiro atoms. The lowest BCUT2D eigenvalue weighted by Gasteiger charge is -2.26. The van der Waals surface area contributed by atoms with Crippen molar-refractivity contribution in [3.8, 4) is 0 Å². The summed E-state index contributed by atoms with van der Waals surface area (Å²) in [7, 11) is 2.22. The second kappa shape index (κ2) is 9.38. The van der Waals surface area contributed by atoms with Crippen LogP contribution in [0.1, 0.15) is 12.0 Å². The molecule has 2 atom stereocenters. The van der Waals surface area contributed by atoms with Crippen molar-refractivity contribution in [3.63, 3.8) is 0 Å². The van der Waals surface area contributed by atoms with Gasteiger partial charge >= 0.3 is 0 Å². The zero-order chi connectivity index (χ0) is 17.6. The minimum Gasteiger partial charge on any atom is -0.396 e. The average molecular weight is 364 g/mol. The minimum atomic E-state index is 0.319. The van der Waals surface area contributed by atoms with Crippen molar-refractivity contribution in [2.75, 3.05) is 65.7 Å². The molecule has 0 radical (unpaired) electrons. The van der Waals surface area contributed by atoms with Crippen LogP contribution in [0.15, 0.2) is 29.2 Å². The molecule has 2 fully saturated rings. The fourth-order valence-electron chi connectivity index (χ4n) is 4.22. The van der Waals surface area contributed by atoms with Crippen molar-refractivity contribution in [3.05, 3.63) is 29.8 Å². The van der Waals surface area contributed by atoms with E-state index in [4.69, 9.17) is 0 Å². The number of hydrogen-bond acceptors (Lipinski definition) is 5. The van der Waals surface area contributed by atoms with Crippen LogP contribution in [0, 0.1) is 11.8 Å². The summed E-state index contributed by atoms with van der Waals surface area (Å²) in [5.41, 5.74) is 1.39. The second-order valence-electron chi connectivity index (χ2n) is 7.71. The molecule has 2 aliphatic heterocycles. The van der Waals surface area contributed by atoms with Gasteiger partial charge in [-0.25, -0.2) is 0 Å². The van der Waals surface area contributed by atoms with Gasteiger partial charge in [0.25, 0.3) is 0 Å². The first-order valence-electron chi connectivity index (χ1n) is 9.55. The van der Waals surface area contributed by atoms with Gasteiger partial charge in [0.15, 0.2) is 0 Å². The first-order valence-corrected chi connectivity index (χ1v) is 10.8. The van der Waals surface area contributed by atoms with Crippen molar-refractivity contribution in [1.82, 2.24) is 14.7 Å². The molecule has 2 heterocycles. The molecule has 4 nitrogen and oxygen atoms in total. The molecule has 2 saturated heterocycles. The van der Waals surface area contributed by atoms with Crippen LogP contribution in [0.2, 0.25) is 0 Å². The van der Waals surface area contributed by atoms with Gasteiger partial charge in [-0.1, -0.05) is 12.1 Å². The number of aliphatic hydroxyl groups is 1. The third kappa shape index (κ3) is 5.44. The lowest BCUT2D eigenvalue weighted by molar-refractivity contribution is 0.165. The molecule has 1 aromatic carbocycles. The van der Waals surface area contributed by atoms with Crippen molar-refractivity contribution < 1.29 is 5.11 Å². The Morgan fingerprint density at radius 1 is 1.08 bits per heavy atom. The molecule has 5 heteroatoms. The van der Waals surface area contributed by atoms with Crippen LogP contribution < -0.4 is 0 Å². The van der Waals surface area contributed by atoms with Crippen LogP contribution >= 0.6 is 11.8 Å². The minimum absolute atomic E-state index is 0.319. The van der Waals surface area contributed by atoms with Crippen LogP contribution in [0.5, 0.6) is 0 Å². The summed E-state index contributed by atoms with van der Waals surface area (Å²) in [4.78, 5) is 8.92. The van der Waals surface area contributed by atoms with E-state index in [0.29, 0.717) is 18.4 Å². The fraction of sp³-hybridized carbons (Fsp3) is 0.700. The molecule has 0 aromatic heterocycles. The van der Waals surface area contributed by atoms with E-state index >= 15 is 0 Å². The van der Waals surface area contributed by atoms with E-state index in [1.807, 2.05) is 0 Å². The van der Waals surface area contributed by atoms with Crippen LogP contribution in [0.25, 0.3) is 0 Å². The van der Waals surface area contributed by atoms with Crippen LogP contribution in [0.3, 0.4) is 0 Å². The molecule has 3 rings (SSSR count). The number of thioether (sulfide) groups is 1. The predicted molar refractivity (Wildman–Crippen MR) is 106 cm³/mol. The highest BCUT2D eigenvalue weighted by atomic mass is 32.2. The molecule has 1 N–H and O–H groups in total. The molecule has 0 amide bonds. The molecule has 1 aromatic rings. The second-order valence-corrected chi connectivity index (χ2v) is 8.59. The summed E-state index contributed by atoms with van der Waals surface area (Å²) in [6, 6.07) is 8.86. The normalized spacial score (nSPS) is 26.8. The summed E-state index contributed by atoms with van der Waals surface area (Å²) in [6.45, 7) is 9.35. The van der Waals surface area contributed by atoms with Crippen molar-refractivity contribution >= 4 is 11.8 Å². The third-order valence-electron chi connectivity index (χ3n) is 5.73. The smallest absolute Gasteiger partial charge is 0.0475 e. The van der Waals surface area contributed by atoms with E-state index in [2.05, 4.69) is 52.3 Å². The number of hydrogen-bond donors (Lipinski definition) is 1. The van der Waals surface area contributed by atoms with E-state index in [0.717, 1.165) is 26.2 Å². The maximum atomic E-state index is 9.87. The fourth-order valence-corrected chi connectivity index (χ4v) is 4.71. The SMILES string of the molecule is CSc1cccc(CN2C[C@@H](CN3CCCN(C)CC3)[C@@H](CO)C2)c1.